The van der Waals surface area contributed by atoms with Gasteiger partial charge in [-0.15, -0.1) is 0 Å². The molecule has 1 aliphatic rings. The lowest BCUT2D eigenvalue weighted by Gasteiger charge is -2.17. The van der Waals surface area contributed by atoms with E-state index < -0.39 is 11.9 Å². The molecule has 120 valence electrons. The number of nitrogens with one attached hydrogen (secondary N) is 1. The summed E-state index contributed by atoms with van der Waals surface area (Å²) < 4.78 is 18.1. The molecule has 2 atom stereocenters. The number of carbonyl (C=O) groups is 2. The number of hydrogen-bond acceptors (Lipinski definition) is 3. The maximum atomic E-state index is 12.7. The van der Waals surface area contributed by atoms with Gasteiger partial charge in [-0.2, -0.15) is 0 Å². The molecule has 0 aromatic heterocycles. The van der Waals surface area contributed by atoms with Crippen molar-refractivity contribution in [3.05, 3.63) is 30.1 Å². The Morgan fingerprint density at radius 2 is 2.00 bits per heavy atom. The SMILES string of the molecule is O=C(CCCOc1ccc(F)cc1)N[C@H]1CCC[C@H]1C(=O)O. The summed E-state index contributed by atoms with van der Waals surface area (Å²) in [7, 11) is 0. The summed E-state index contributed by atoms with van der Waals surface area (Å²) in [6.45, 7) is 0.353. The van der Waals surface area contributed by atoms with E-state index in [-0.39, 0.29) is 24.2 Å². The van der Waals surface area contributed by atoms with Crippen LogP contribution in [-0.4, -0.2) is 29.6 Å². The summed E-state index contributed by atoms with van der Waals surface area (Å²) >= 11 is 0. The molecule has 1 aliphatic carbocycles. The second-order valence-corrected chi connectivity index (χ2v) is 5.46. The van der Waals surface area contributed by atoms with Crippen molar-refractivity contribution >= 4 is 11.9 Å². The Bertz CT molecular complexity index is 517. The first kappa shape index (κ1) is 16.3. The van der Waals surface area contributed by atoms with Gasteiger partial charge in [0.25, 0.3) is 0 Å². The van der Waals surface area contributed by atoms with Crippen LogP contribution in [0.3, 0.4) is 0 Å². The van der Waals surface area contributed by atoms with E-state index in [0.717, 1.165) is 12.8 Å². The number of carbonyl (C=O) groups excluding carboxylic acids is 1. The van der Waals surface area contributed by atoms with Crippen LogP contribution < -0.4 is 10.1 Å². The van der Waals surface area contributed by atoms with E-state index in [4.69, 9.17) is 9.84 Å². The number of rotatable bonds is 7. The van der Waals surface area contributed by atoms with Crippen LogP contribution in [0.25, 0.3) is 0 Å². The van der Waals surface area contributed by atoms with Gasteiger partial charge in [0.1, 0.15) is 11.6 Å². The fourth-order valence-corrected chi connectivity index (χ4v) is 2.66. The molecule has 0 heterocycles. The zero-order valence-electron chi connectivity index (χ0n) is 12.3. The lowest BCUT2D eigenvalue weighted by molar-refractivity contribution is -0.142. The Hall–Kier alpha value is -2.11. The number of ether oxygens (including phenoxy) is 1. The maximum absolute atomic E-state index is 12.7. The lowest BCUT2D eigenvalue weighted by atomic mass is 10.0. The van der Waals surface area contributed by atoms with Crippen molar-refractivity contribution in [2.24, 2.45) is 5.92 Å². The molecule has 1 saturated carbocycles. The molecule has 0 bridgehead atoms. The van der Waals surface area contributed by atoms with Crippen LogP contribution in [0.2, 0.25) is 0 Å². The molecule has 0 aliphatic heterocycles. The van der Waals surface area contributed by atoms with Crippen molar-refractivity contribution in [1.82, 2.24) is 5.32 Å². The molecule has 2 rings (SSSR count). The van der Waals surface area contributed by atoms with Crippen molar-refractivity contribution in [3.8, 4) is 5.75 Å². The molecule has 0 spiro atoms. The van der Waals surface area contributed by atoms with Crippen LogP contribution in [0.4, 0.5) is 4.39 Å². The summed E-state index contributed by atoms with van der Waals surface area (Å²) in [5.74, 6) is -1.23. The molecule has 1 amide bonds. The monoisotopic (exact) mass is 309 g/mol. The minimum atomic E-state index is -0.845. The van der Waals surface area contributed by atoms with Crippen molar-refractivity contribution in [1.29, 1.82) is 0 Å². The van der Waals surface area contributed by atoms with Crippen LogP contribution in [0.1, 0.15) is 32.1 Å². The molecule has 1 aromatic rings. The van der Waals surface area contributed by atoms with Crippen LogP contribution in [0.15, 0.2) is 24.3 Å². The highest BCUT2D eigenvalue weighted by Gasteiger charge is 2.33. The Kier molecular flexibility index (Phi) is 5.75. The molecule has 2 N–H and O–H groups in total. The zero-order chi connectivity index (χ0) is 15.9. The Balaban J connectivity index is 1.65. The van der Waals surface area contributed by atoms with E-state index in [2.05, 4.69) is 5.32 Å². The third kappa shape index (κ3) is 4.72. The van der Waals surface area contributed by atoms with E-state index in [1.165, 1.54) is 24.3 Å². The van der Waals surface area contributed by atoms with E-state index in [1.807, 2.05) is 0 Å². The number of hydrogen-bond donors (Lipinski definition) is 2. The molecule has 1 aromatic carbocycles. The van der Waals surface area contributed by atoms with Gasteiger partial charge >= 0.3 is 5.97 Å². The van der Waals surface area contributed by atoms with Gasteiger partial charge in [0, 0.05) is 12.5 Å². The molecule has 22 heavy (non-hydrogen) atoms. The first-order valence-electron chi connectivity index (χ1n) is 7.47. The minimum Gasteiger partial charge on any atom is -0.494 e. The topological polar surface area (TPSA) is 75.6 Å². The number of aliphatic carboxylic acids is 1. The molecule has 5 nitrogen and oxygen atoms in total. The van der Waals surface area contributed by atoms with E-state index in [9.17, 15) is 14.0 Å². The largest absolute Gasteiger partial charge is 0.494 e. The van der Waals surface area contributed by atoms with Gasteiger partial charge in [-0.05, 0) is 43.5 Å². The highest BCUT2D eigenvalue weighted by Crippen LogP contribution is 2.25. The second kappa shape index (κ2) is 7.77. The maximum Gasteiger partial charge on any atom is 0.308 e. The van der Waals surface area contributed by atoms with Gasteiger partial charge in [-0.3, -0.25) is 9.59 Å². The number of halogens is 1. The highest BCUT2D eigenvalue weighted by atomic mass is 19.1. The minimum absolute atomic E-state index is 0.152. The summed E-state index contributed by atoms with van der Waals surface area (Å²) in [4.78, 5) is 22.9. The molecule has 0 unspecified atom stereocenters. The summed E-state index contributed by atoms with van der Waals surface area (Å²) in [5.41, 5.74) is 0. The number of carboxylic acids is 1. The fourth-order valence-electron chi connectivity index (χ4n) is 2.66. The summed E-state index contributed by atoms with van der Waals surface area (Å²) in [5, 5.41) is 11.8. The zero-order valence-corrected chi connectivity index (χ0v) is 12.3. The van der Waals surface area contributed by atoms with Gasteiger partial charge in [-0.25, -0.2) is 4.39 Å². The fraction of sp³-hybridized carbons (Fsp3) is 0.500. The first-order chi connectivity index (χ1) is 10.6. The predicted molar refractivity (Wildman–Crippen MR) is 78.0 cm³/mol. The van der Waals surface area contributed by atoms with Crippen LogP contribution >= 0.6 is 0 Å². The van der Waals surface area contributed by atoms with E-state index in [1.54, 1.807) is 0 Å². The van der Waals surface area contributed by atoms with Crippen molar-refractivity contribution in [3.63, 3.8) is 0 Å². The lowest BCUT2D eigenvalue weighted by Crippen LogP contribution is -2.40. The Labute approximate surface area is 128 Å². The number of carboxylic acid groups (broad SMARTS) is 1. The molecule has 0 radical (unpaired) electrons. The highest BCUT2D eigenvalue weighted by molar-refractivity contribution is 5.78. The van der Waals surface area contributed by atoms with E-state index in [0.29, 0.717) is 25.2 Å². The number of benzene rings is 1. The normalized spacial score (nSPS) is 20.6. The van der Waals surface area contributed by atoms with Crippen LogP contribution in [-0.2, 0) is 9.59 Å². The molecule has 6 heteroatoms. The number of amides is 1. The Morgan fingerprint density at radius 3 is 2.68 bits per heavy atom. The smallest absolute Gasteiger partial charge is 0.308 e. The second-order valence-electron chi connectivity index (χ2n) is 5.46. The van der Waals surface area contributed by atoms with Crippen LogP contribution in [0, 0.1) is 11.7 Å². The average molecular weight is 309 g/mol. The van der Waals surface area contributed by atoms with Crippen LogP contribution in [0.5, 0.6) is 5.75 Å². The molecule has 0 saturated heterocycles. The summed E-state index contributed by atoms with van der Waals surface area (Å²) in [6, 6.07) is 5.43. The van der Waals surface area contributed by atoms with Crippen molar-refractivity contribution in [2.45, 2.75) is 38.1 Å². The standard InChI is InChI=1S/C16H20FNO4/c17-11-6-8-12(9-7-11)22-10-2-5-15(19)18-14-4-1-3-13(14)16(20)21/h6-9,13-14H,1-5,10H2,(H,18,19)(H,20,21)/t13-,14+/m1/s1. The van der Waals surface area contributed by atoms with Gasteiger partial charge < -0.3 is 15.2 Å². The first-order valence-corrected chi connectivity index (χ1v) is 7.47. The van der Waals surface area contributed by atoms with Gasteiger partial charge in [-0.1, -0.05) is 6.42 Å². The van der Waals surface area contributed by atoms with Gasteiger partial charge in [0.15, 0.2) is 0 Å². The molecule has 1 fully saturated rings. The van der Waals surface area contributed by atoms with Crippen molar-refractivity contribution in [2.75, 3.05) is 6.61 Å². The third-order valence-corrected chi connectivity index (χ3v) is 3.81. The average Bonchev–Trinajstić information content (AvgIpc) is 2.94. The Morgan fingerprint density at radius 1 is 1.27 bits per heavy atom. The van der Waals surface area contributed by atoms with Gasteiger partial charge in [0.05, 0.1) is 12.5 Å². The van der Waals surface area contributed by atoms with E-state index >= 15 is 0 Å². The van der Waals surface area contributed by atoms with Crippen molar-refractivity contribution < 1.29 is 23.8 Å². The third-order valence-electron chi connectivity index (χ3n) is 3.81. The predicted octanol–water partition coefficient (Wildman–Crippen LogP) is 2.35. The van der Waals surface area contributed by atoms with Gasteiger partial charge in [0.2, 0.25) is 5.91 Å². The molecular weight excluding hydrogens is 289 g/mol. The quantitative estimate of drug-likeness (QED) is 0.758. The summed E-state index contributed by atoms with van der Waals surface area (Å²) in [6.07, 6.45) is 2.97. The molecular formula is C16H20FNO4.